The normalized spacial score (nSPS) is 12.3. The molecule has 1 aromatic rings. The van der Waals surface area contributed by atoms with Crippen LogP contribution in [0.2, 0.25) is 0 Å². The summed E-state index contributed by atoms with van der Waals surface area (Å²) >= 11 is 0. The van der Waals surface area contributed by atoms with Gasteiger partial charge in [-0.1, -0.05) is 6.92 Å². The molecule has 16 heavy (non-hydrogen) atoms. The van der Waals surface area contributed by atoms with Gasteiger partial charge in [0.2, 0.25) is 0 Å². The van der Waals surface area contributed by atoms with E-state index in [1.54, 1.807) is 14.2 Å². The minimum Gasteiger partial charge on any atom is -0.496 e. The quantitative estimate of drug-likeness (QED) is 0.832. The first kappa shape index (κ1) is 12.8. The van der Waals surface area contributed by atoms with Gasteiger partial charge in [-0.2, -0.15) is 0 Å². The summed E-state index contributed by atoms with van der Waals surface area (Å²) in [6, 6.07) is 4.23. The number of rotatable bonds is 5. The van der Waals surface area contributed by atoms with E-state index < -0.39 is 0 Å². The molecule has 1 atom stereocenters. The van der Waals surface area contributed by atoms with Crippen LogP contribution in [0.25, 0.3) is 0 Å². The number of hydrogen-bond donors (Lipinski definition) is 1. The molecular weight excluding hydrogens is 202 g/mol. The number of benzene rings is 1. The van der Waals surface area contributed by atoms with Crippen molar-refractivity contribution in [2.24, 2.45) is 5.73 Å². The van der Waals surface area contributed by atoms with E-state index in [0.717, 1.165) is 35.5 Å². The summed E-state index contributed by atoms with van der Waals surface area (Å²) in [5, 5.41) is 0. The van der Waals surface area contributed by atoms with Crippen molar-refractivity contribution in [2.45, 2.75) is 32.7 Å². The van der Waals surface area contributed by atoms with Crippen molar-refractivity contribution in [3.63, 3.8) is 0 Å². The molecule has 0 saturated carbocycles. The van der Waals surface area contributed by atoms with Crippen molar-refractivity contribution >= 4 is 0 Å². The summed E-state index contributed by atoms with van der Waals surface area (Å²) in [6.45, 7) is 4.08. The maximum Gasteiger partial charge on any atom is 0.126 e. The molecule has 0 bridgehead atoms. The van der Waals surface area contributed by atoms with Crippen LogP contribution >= 0.6 is 0 Å². The summed E-state index contributed by atoms with van der Waals surface area (Å²) < 4.78 is 10.8. The van der Waals surface area contributed by atoms with Gasteiger partial charge in [-0.3, -0.25) is 0 Å². The summed E-state index contributed by atoms with van der Waals surface area (Å²) in [5.74, 6) is 1.77. The standard InChI is InChI=1S/C13H21NO2/c1-5-11-12(15-3)7-10(6-9(2)14)8-13(11)16-4/h7-9H,5-6,14H2,1-4H3. The number of nitrogens with two attached hydrogens (primary N) is 1. The molecule has 0 heterocycles. The van der Waals surface area contributed by atoms with Gasteiger partial charge < -0.3 is 15.2 Å². The second kappa shape index (κ2) is 5.75. The predicted molar refractivity (Wildman–Crippen MR) is 66.3 cm³/mol. The van der Waals surface area contributed by atoms with Crippen molar-refractivity contribution < 1.29 is 9.47 Å². The Kier molecular flexibility index (Phi) is 4.62. The topological polar surface area (TPSA) is 44.5 Å². The molecular formula is C13H21NO2. The second-order valence-corrected chi connectivity index (χ2v) is 4.01. The van der Waals surface area contributed by atoms with Crippen LogP contribution in [0, 0.1) is 0 Å². The van der Waals surface area contributed by atoms with Crippen molar-refractivity contribution in [3.8, 4) is 11.5 Å². The second-order valence-electron chi connectivity index (χ2n) is 4.01. The molecule has 0 spiro atoms. The Morgan fingerprint density at radius 2 is 1.69 bits per heavy atom. The maximum atomic E-state index is 5.80. The summed E-state index contributed by atoms with van der Waals surface area (Å²) in [7, 11) is 3.37. The monoisotopic (exact) mass is 223 g/mol. The van der Waals surface area contributed by atoms with Gasteiger partial charge in [0.1, 0.15) is 11.5 Å². The van der Waals surface area contributed by atoms with E-state index in [1.165, 1.54) is 0 Å². The van der Waals surface area contributed by atoms with E-state index in [2.05, 4.69) is 6.92 Å². The molecule has 1 aromatic carbocycles. The lowest BCUT2D eigenvalue weighted by Gasteiger charge is -2.15. The third kappa shape index (κ3) is 2.89. The minimum atomic E-state index is 0.141. The van der Waals surface area contributed by atoms with E-state index in [0.29, 0.717) is 0 Å². The Labute approximate surface area is 97.6 Å². The Hall–Kier alpha value is -1.22. The smallest absolute Gasteiger partial charge is 0.126 e. The van der Waals surface area contributed by atoms with E-state index in [-0.39, 0.29) is 6.04 Å². The maximum absolute atomic E-state index is 5.80. The fraction of sp³-hybridized carbons (Fsp3) is 0.538. The van der Waals surface area contributed by atoms with Crippen molar-refractivity contribution in [3.05, 3.63) is 23.3 Å². The van der Waals surface area contributed by atoms with Crippen LogP contribution in [0.5, 0.6) is 11.5 Å². The van der Waals surface area contributed by atoms with Crippen molar-refractivity contribution in [1.29, 1.82) is 0 Å². The fourth-order valence-electron chi connectivity index (χ4n) is 1.88. The highest BCUT2D eigenvalue weighted by Gasteiger charge is 2.11. The van der Waals surface area contributed by atoms with Gasteiger partial charge in [0.15, 0.2) is 0 Å². The summed E-state index contributed by atoms with van der Waals surface area (Å²) in [5.41, 5.74) is 8.06. The molecule has 0 saturated heterocycles. The zero-order chi connectivity index (χ0) is 12.1. The van der Waals surface area contributed by atoms with Crippen LogP contribution in [0.3, 0.4) is 0 Å². The molecule has 2 N–H and O–H groups in total. The minimum absolute atomic E-state index is 0.141. The Bertz CT molecular complexity index is 323. The van der Waals surface area contributed by atoms with Crippen LogP contribution in [-0.2, 0) is 12.8 Å². The molecule has 90 valence electrons. The molecule has 3 heteroatoms. The third-order valence-electron chi connectivity index (χ3n) is 2.58. The van der Waals surface area contributed by atoms with Gasteiger partial charge in [-0.15, -0.1) is 0 Å². The molecule has 0 aliphatic carbocycles. The average Bonchev–Trinajstić information content (AvgIpc) is 2.26. The van der Waals surface area contributed by atoms with Gasteiger partial charge >= 0.3 is 0 Å². The number of ether oxygens (including phenoxy) is 2. The first-order valence-corrected chi connectivity index (χ1v) is 5.61. The summed E-state index contributed by atoms with van der Waals surface area (Å²) in [6.07, 6.45) is 1.72. The molecule has 0 fully saturated rings. The molecule has 1 unspecified atom stereocenters. The van der Waals surface area contributed by atoms with Gasteiger partial charge in [0, 0.05) is 11.6 Å². The molecule has 3 nitrogen and oxygen atoms in total. The highest BCUT2D eigenvalue weighted by atomic mass is 16.5. The Morgan fingerprint density at radius 1 is 1.19 bits per heavy atom. The highest BCUT2D eigenvalue weighted by Crippen LogP contribution is 2.31. The van der Waals surface area contributed by atoms with Crippen LogP contribution in [0.1, 0.15) is 25.0 Å². The van der Waals surface area contributed by atoms with Crippen LogP contribution < -0.4 is 15.2 Å². The van der Waals surface area contributed by atoms with E-state index in [9.17, 15) is 0 Å². The van der Waals surface area contributed by atoms with E-state index >= 15 is 0 Å². The lowest BCUT2D eigenvalue weighted by molar-refractivity contribution is 0.385. The van der Waals surface area contributed by atoms with E-state index in [4.69, 9.17) is 15.2 Å². The first-order valence-electron chi connectivity index (χ1n) is 5.61. The first-order chi connectivity index (χ1) is 7.62. The van der Waals surface area contributed by atoms with Crippen LogP contribution in [0.4, 0.5) is 0 Å². The van der Waals surface area contributed by atoms with Gasteiger partial charge in [-0.05, 0) is 37.5 Å². The zero-order valence-electron chi connectivity index (χ0n) is 10.5. The Balaban J connectivity index is 3.15. The van der Waals surface area contributed by atoms with Gasteiger partial charge in [0.05, 0.1) is 14.2 Å². The van der Waals surface area contributed by atoms with E-state index in [1.807, 2.05) is 19.1 Å². The lowest BCUT2D eigenvalue weighted by Crippen LogP contribution is -2.17. The predicted octanol–water partition coefficient (Wildman–Crippen LogP) is 2.16. The van der Waals surface area contributed by atoms with Crippen LogP contribution in [-0.4, -0.2) is 20.3 Å². The van der Waals surface area contributed by atoms with Gasteiger partial charge in [-0.25, -0.2) is 0 Å². The van der Waals surface area contributed by atoms with Crippen molar-refractivity contribution in [1.82, 2.24) is 0 Å². The van der Waals surface area contributed by atoms with Crippen molar-refractivity contribution in [2.75, 3.05) is 14.2 Å². The molecule has 0 aliphatic rings. The molecule has 0 aliphatic heterocycles. The fourth-order valence-corrected chi connectivity index (χ4v) is 1.88. The SMILES string of the molecule is CCc1c(OC)cc(CC(C)N)cc1OC. The average molecular weight is 223 g/mol. The molecule has 0 aromatic heterocycles. The lowest BCUT2D eigenvalue weighted by atomic mass is 10.0. The Morgan fingerprint density at radius 3 is 2.00 bits per heavy atom. The van der Waals surface area contributed by atoms with Gasteiger partial charge in [0.25, 0.3) is 0 Å². The number of hydrogen-bond acceptors (Lipinski definition) is 3. The third-order valence-corrected chi connectivity index (χ3v) is 2.58. The molecule has 0 amide bonds. The summed E-state index contributed by atoms with van der Waals surface area (Å²) in [4.78, 5) is 0. The zero-order valence-corrected chi connectivity index (χ0v) is 10.5. The molecule has 1 rings (SSSR count). The molecule has 0 radical (unpaired) electrons. The number of methoxy groups -OCH3 is 2. The largest absolute Gasteiger partial charge is 0.496 e. The van der Waals surface area contributed by atoms with Crippen LogP contribution in [0.15, 0.2) is 12.1 Å². The highest BCUT2D eigenvalue weighted by molar-refractivity contribution is 5.48.